The molecular weight excluding hydrogens is 234 g/mol. The van der Waals surface area contributed by atoms with Crippen LogP contribution in [0.25, 0.3) is 0 Å². The maximum absolute atomic E-state index is 9.88. The number of anilines is 1. The van der Waals surface area contributed by atoms with E-state index in [1.54, 1.807) is 0 Å². The van der Waals surface area contributed by atoms with E-state index in [1.165, 1.54) is 0 Å². The van der Waals surface area contributed by atoms with Crippen molar-refractivity contribution in [2.24, 2.45) is 5.92 Å². The molecule has 3 unspecified atom stereocenters. The zero-order chi connectivity index (χ0) is 12.0. The lowest BCUT2D eigenvalue weighted by Gasteiger charge is -2.18. The van der Waals surface area contributed by atoms with Crippen LogP contribution in [0.3, 0.4) is 0 Å². The van der Waals surface area contributed by atoms with E-state index in [1.807, 2.05) is 31.7 Å². The van der Waals surface area contributed by atoms with Crippen LogP contribution in [0.5, 0.6) is 0 Å². The van der Waals surface area contributed by atoms with Crippen molar-refractivity contribution in [1.29, 1.82) is 0 Å². The minimum absolute atomic E-state index is 0.152. The van der Waals surface area contributed by atoms with Gasteiger partial charge in [0.15, 0.2) is 0 Å². The molecule has 2 saturated heterocycles. The second-order valence-corrected chi connectivity index (χ2v) is 6.23. The largest absolute Gasteiger partial charge is 0.392 e. The van der Waals surface area contributed by atoms with E-state index in [9.17, 15) is 5.11 Å². The lowest BCUT2D eigenvalue weighted by atomic mass is 10.0. The molecular formula is C12H17N3OS. The van der Waals surface area contributed by atoms with Crippen LogP contribution in [0.15, 0.2) is 6.07 Å². The van der Waals surface area contributed by atoms with Crippen molar-refractivity contribution in [3.05, 3.63) is 17.5 Å². The average Bonchev–Trinajstić information content (AvgIpc) is 2.80. The van der Waals surface area contributed by atoms with Crippen LogP contribution in [0, 0.1) is 19.8 Å². The van der Waals surface area contributed by atoms with E-state index in [2.05, 4.69) is 14.9 Å². The van der Waals surface area contributed by atoms with Crippen molar-refractivity contribution in [3.63, 3.8) is 0 Å². The highest BCUT2D eigenvalue weighted by Gasteiger charge is 2.43. The summed E-state index contributed by atoms with van der Waals surface area (Å²) in [5.41, 5.74) is 2.02. The summed E-state index contributed by atoms with van der Waals surface area (Å²) in [5, 5.41) is 10.4. The van der Waals surface area contributed by atoms with Gasteiger partial charge in [0.1, 0.15) is 0 Å². The first-order valence-corrected chi connectivity index (χ1v) is 7.05. The number of thioether (sulfide) groups is 1. The van der Waals surface area contributed by atoms with Crippen molar-refractivity contribution in [3.8, 4) is 0 Å². The molecule has 0 aliphatic carbocycles. The molecule has 2 fully saturated rings. The quantitative estimate of drug-likeness (QED) is 0.807. The molecule has 4 nitrogen and oxygen atoms in total. The van der Waals surface area contributed by atoms with Gasteiger partial charge in [-0.25, -0.2) is 9.97 Å². The van der Waals surface area contributed by atoms with E-state index >= 15 is 0 Å². The number of fused-ring (bicyclic) bond motifs is 1. The highest BCUT2D eigenvalue weighted by atomic mass is 32.2. The second kappa shape index (κ2) is 4.14. The number of nitrogens with zero attached hydrogens (tertiary/aromatic N) is 3. The predicted molar refractivity (Wildman–Crippen MR) is 69.5 cm³/mol. The summed E-state index contributed by atoms with van der Waals surface area (Å²) in [4.78, 5) is 11.2. The summed E-state index contributed by atoms with van der Waals surface area (Å²) in [7, 11) is 0. The van der Waals surface area contributed by atoms with Gasteiger partial charge in [0.25, 0.3) is 0 Å². The molecule has 2 aliphatic heterocycles. The summed E-state index contributed by atoms with van der Waals surface area (Å²) in [6.07, 6.45) is -0.152. The molecule has 5 heteroatoms. The van der Waals surface area contributed by atoms with Crippen LogP contribution in [-0.2, 0) is 0 Å². The van der Waals surface area contributed by atoms with Gasteiger partial charge < -0.3 is 10.0 Å². The van der Waals surface area contributed by atoms with Gasteiger partial charge in [0.2, 0.25) is 5.95 Å². The Morgan fingerprint density at radius 1 is 1.29 bits per heavy atom. The Morgan fingerprint density at radius 2 is 2.00 bits per heavy atom. The van der Waals surface area contributed by atoms with Gasteiger partial charge in [-0.1, -0.05) is 0 Å². The highest BCUT2D eigenvalue weighted by Crippen LogP contribution is 2.39. The maximum Gasteiger partial charge on any atom is 0.225 e. The maximum atomic E-state index is 9.88. The van der Waals surface area contributed by atoms with Crippen LogP contribution in [-0.4, -0.2) is 45.3 Å². The average molecular weight is 251 g/mol. The normalized spacial score (nSPS) is 31.9. The number of aliphatic hydroxyl groups is 1. The first-order chi connectivity index (χ1) is 8.13. The monoisotopic (exact) mass is 251 g/mol. The van der Waals surface area contributed by atoms with E-state index < -0.39 is 0 Å². The second-order valence-electron chi connectivity index (χ2n) is 4.96. The van der Waals surface area contributed by atoms with Gasteiger partial charge >= 0.3 is 0 Å². The van der Waals surface area contributed by atoms with Gasteiger partial charge in [-0.2, -0.15) is 11.8 Å². The first-order valence-electron chi connectivity index (χ1n) is 6.00. The fourth-order valence-corrected chi connectivity index (χ4v) is 4.19. The summed E-state index contributed by atoms with van der Waals surface area (Å²) in [6.45, 7) is 5.86. The Labute approximate surface area is 105 Å². The molecule has 17 heavy (non-hydrogen) atoms. The van der Waals surface area contributed by atoms with E-state index in [0.29, 0.717) is 11.2 Å². The smallest absolute Gasteiger partial charge is 0.225 e. The van der Waals surface area contributed by atoms with Crippen LogP contribution >= 0.6 is 11.8 Å². The molecule has 1 aromatic rings. The van der Waals surface area contributed by atoms with Crippen molar-refractivity contribution < 1.29 is 5.11 Å². The zero-order valence-corrected chi connectivity index (χ0v) is 10.9. The Balaban J connectivity index is 1.82. The third-order valence-corrected chi connectivity index (χ3v) is 5.00. The van der Waals surface area contributed by atoms with E-state index in [4.69, 9.17) is 0 Å². The highest BCUT2D eigenvalue weighted by molar-refractivity contribution is 8.00. The Kier molecular flexibility index (Phi) is 2.75. The van der Waals surface area contributed by atoms with Gasteiger partial charge in [-0.05, 0) is 19.9 Å². The molecule has 0 amide bonds. The summed E-state index contributed by atoms with van der Waals surface area (Å²) in [6, 6.07) is 1.99. The minimum Gasteiger partial charge on any atom is -0.392 e. The van der Waals surface area contributed by atoms with E-state index in [0.717, 1.165) is 36.2 Å². The predicted octanol–water partition coefficient (Wildman–Crippen LogP) is 1.01. The van der Waals surface area contributed by atoms with Gasteiger partial charge in [0.05, 0.1) is 6.10 Å². The van der Waals surface area contributed by atoms with E-state index in [-0.39, 0.29) is 6.10 Å². The lowest BCUT2D eigenvalue weighted by molar-refractivity contribution is 0.152. The number of aromatic nitrogens is 2. The van der Waals surface area contributed by atoms with Crippen LogP contribution in [0.4, 0.5) is 5.95 Å². The molecule has 1 N–H and O–H groups in total. The first kappa shape index (κ1) is 11.3. The van der Waals surface area contributed by atoms with Crippen molar-refractivity contribution in [2.75, 3.05) is 23.7 Å². The number of hydrogen-bond acceptors (Lipinski definition) is 5. The topological polar surface area (TPSA) is 49.2 Å². The van der Waals surface area contributed by atoms with Crippen molar-refractivity contribution >= 4 is 17.7 Å². The minimum atomic E-state index is -0.152. The number of rotatable bonds is 1. The summed E-state index contributed by atoms with van der Waals surface area (Å²) in [5.74, 6) is 2.10. The van der Waals surface area contributed by atoms with Crippen molar-refractivity contribution in [1.82, 2.24) is 9.97 Å². The Bertz CT molecular complexity index is 420. The molecule has 0 radical (unpaired) electrons. The SMILES string of the molecule is Cc1cc(C)nc(N2CC3SCC(O)C3C2)n1. The van der Waals surface area contributed by atoms with Gasteiger partial charge in [0, 0.05) is 41.4 Å². The molecule has 0 aromatic carbocycles. The molecule has 1 aromatic heterocycles. The number of hydrogen-bond donors (Lipinski definition) is 1. The fraction of sp³-hybridized carbons (Fsp3) is 0.667. The van der Waals surface area contributed by atoms with Crippen LogP contribution in [0.2, 0.25) is 0 Å². The molecule has 3 heterocycles. The molecule has 0 saturated carbocycles. The zero-order valence-electron chi connectivity index (χ0n) is 10.1. The Morgan fingerprint density at radius 3 is 2.65 bits per heavy atom. The lowest BCUT2D eigenvalue weighted by Crippen LogP contribution is -2.27. The molecule has 0 bridgehead atoms. The van der Waals surface area contributed by atoms with Crippen molar-refractivity contribution in [2.45, 2.75) is 25.2 Å². The Hall–Kier alpha value is -0.810. The van der Waals surface area contributed by atoms with Crippen LogP contribution in [0.1, 0.15) is 11.4 Å². The van der Waals surface area contributed by atoms with Crippen LogP contribution < -0.4 is 4.90 Å². The third-order valence-electron chi connectivity index (χ3n) is 3.54. The summed E-state index contributed by atoms with van der Waals surface area (Å²) >= 11 is 1.88. The van der Waals surface area contributed by atoms with Gasteiger partial charge in [-0.3, -0.25) is 0 Å². The molecule has 2 aliphatic rings. The number of aryl methyl sites for hydroxylation is 2. The molecule has 92 valence electrons. The third kappa shape index (κ3) is 2.02. The standard InChI is InChI=1S/C12H17N3OS/c1-7-3-8(2)14-12(13-7)15-4-9-10(16)6-17-11(9)5-15/h3,9-11,16H,4-6H2,1-2H3. The van der Waals surface area contributed by atoms with Gasteiger partial charge in [-0.15, -0.1) is 0 Å². The molecule has 3 atom stereocenters. The molecule has 0 spiro atoms. The molecule has 3 rings (SSSR count). The number of aliphatic hydroxyl groups excluding tert-OH is 1. The summed E-state index contributed by atoms with van der Waals surface area (Å²) < 4.78 is 0. The fourth-order valence-electron chi connectivity index (χ4n) is 2.70.